The Morgan fingerprint density at radius 2 is 1.92 bits per heavy atom. The zero-order chi connectivity index (χ0) is 17.4. The highest BCUT2D eigenvalue weighted by atomic mass is 16.5. The second-order valence-electron chi connectivity index (χ2n) is 6.11. The second kappa shape index (κ2) is 9.30. The van der Waals surface area contributed by atoms with Crippen molar-refractivity contribution in [3.8, 4) is 5.75 Å². The highest BCUT2D eigenvalue weighted by molar-refractivity contribution is 5.85. The van der Waals surface area contributed by atoms with E-state index in [1.165, 1.54) is 0 Å². The SMILES string of the molecule is CCOC(=O)C1CCC(C)N1C(=O)CCCCOc1ccccc1. The Bertz CT molecular complexity index is 531. The lowest BCUT2D eigenvalue weighted by Crippen LogP contribution is -2.44. The van der Waals surface area contributed by atoms with Crippen LogP contribution in [0, 0.1) is 0 Å². The molecule has 2 rings (SSSR count). The van der Waals surface area contributed by atoms with Crippen LogP contribution in [-0.4, -0.2) is 42.1 Å². The monoisotopic (exact) mass is 333 g/mol. The number of carbonyl (C=O) groups is 2. The van der Waals surface area contributed by atoms with Crippen LogP contribution in [0.25, 0.3) is 0 Å². The molecule has 0 radical (unpaired) electrons. The summed E-state index contributed by atoms with van der Waals surface area (Å²) in [6, 6.07) is 9.34. The molecule has 0 N–H and O–H groups in total. The molecular formula is C19H27NO4. The van der Waals surface area contributed by atoms with Gasteiger partial charge < -0.3 is 14.4 Å². The van der Waals surface area contributed by atoms with Crippen LogP contribution < -0.4 is 4.74 Å². The molecule has 1 amide bonds. The van der Waals surface area contributed by atoms with Crippen molar-refractivity contribution in [2.24, 2.45) is 0 Å². The maximum absolute atomic E-state index is 12.5. The molecule has 1 saturated heterocycles. The first-order valence-corrected chi connectivity index (χ1v) is 8.79. The highest BCUT2D eigenvalue weighted by Crippen LogP contribution is 2.26. The van der Waals surface area contributed by atoms with Crippen molar-refractivity contribution in [3.05, 3.63) is 30.3 Å². The minimum absolute atomic E-state index is 0.0396. The van der Waals surface area contributed by atoms with Crippen molar-refractivity contribution < 1.29 is 19.1 Å². The number of hydrogen-bond donors (Lipinski definition) is 0. The van der Waals surface area contributed by atoms with E-state index in [9.17, 15) is 9.59 Å². The van der Waals surface area contributed by atoms with Gasteiger partial charge in [-0.2, -0.15) is 0 Å². The number of unbranched alkanes of at least 4 members (excludes halogenated alkanes) is 1. The predicted molar refractivity (Wildman–Crippen MR) is 91.8 cm³/mol. The number of benzene rings is 1. The average Bonchev–Trinajstić information content (AvgIpc) is 2.97. The normalized spacial score (nSPS) is 20.0. The van der Waals surface area contributed by atoms with Crippen LogP contribution in [0.5, 0.6) is 5.75 Å². The lowest BCUT2D eigenvalue weighted by Gasteiger charge is -2.27. The number of likely N-dealkylation sites (tertiary alicyclic amines) is 1. The van der Waals surface area contributed by atoms with Crippen molar-refractivity contribution in [3.63, 3.8) is 0 Å². The van der Waals surface area contributed by atoms with Crippen LogP contribution in [0.3, 0.4) is 0 Å². The maximum Gasteiger partial charge on any atom is 0.328 e. The van der Waals surface area contributed by atoms with E-state index >= 15 is 0 Å². The van der Waals surface area contributed by atoms with E-state index in [2.05, 4.69) is 0 Å². The van der Waals surface area contributed by atoms with Crippen LogP contribution in [0.4, 0.5) is 0 Å². The summed E-state index contributed by atoms with van der Waals surface area (Å²) in [5, 5.41) is 0. The molecule has 5 nitrogen and oxygen atoms in total. The largest absolute Gasteiger partial charge is 0.494 e. The number of ether oxygens (including phenoxy) is 2. The Labute approximate surface area is 143 Å². The van der Waals surface area contributed by atoms with Crippen molar-refractivity contribution >= 4 is 11.9 Å². The molecule has 1 aliphatic rings. The minimum Gasteiger partial charge on any atom is -0.494 e. The fraction of sp³-hybridized carbons (Fsp3) is 0.579. The number of hydrogen-bond acceptors (Lipinski definition) is 4. The number of esters is 1. The fourth-order valence-electron chi connectivity index (χ4n) is 3.09. The van der Waals surface area contributed by atoms with E-state index in [1.807, 2.05) is 37.3 Å². The van der Waals surface area contributed by atoms with Crippen molar-refractivity contribution in [2.45, 2.75) is 58.0 Å². The van der Waals surface area contributed by atoms with E-state index in [0.29, 0.717) is 26.1 Å². The van der Waals surface area contributed by atoms with Gasteiger partial charge in [-0.1, -0.05) is 18.2 Å². The number of nitrogens with zero attached hydrogens (tertiary/aromatic N) is 1. The Balaban J connectivity index is 1.73. The summed E-state index contributed by atoms with van der Waals surface area (Å²) < 4.78 is 10.7. The molecule has 2 unspecified atom stereocenters. The minimum atomic E-state index is -0.409. The third-order valence-electron chi connectivity index (χ3n) is 4.31. The van der Waals surface area contributed by atoms with Crippen LogP contribution in [0.1, 0.15) is 46.0 Å². The molecule has 2 atom stereocenters. The van der Waals surface area contributed by atoms with Gasteiger partial charge in [-0.3, -0.25) is 4.79 Å². The Morgan fingerprint density at radius 3 is 2.62 bits per heavy atom. The molecule has 1 heterocycles. The molecule has 0 bridgehead atoms. The van der Waals surface area contributed by atoms with Crippen LogP contribution in [-0.2, 0) is 14.3 Å². The van der Waals surface area contributed by atoms with E-state index in [1.54, 1.807) is 11.8 Å². The molecule has 132 valence electrons. The summed E-state index contributed by atoms with van der Waals surface area (Å²) in [4.78, 5) is 26.2. The van der Waals surface area contributed by atoms with Crippen LogP contribution in [0.15, 0.2) is 30.3 Å². The summed E-state index contributed by atoms with van der Waals surface area (Å²) in [5.74, 6) is 0.611. The molecule has 0 aromatic heterocycles. The zero-order valence-electron chi connectivity index (χ0n) is 14.6. The molecule has 1 aliphatic heterocycles. The molecule has 0 spiro atoms. The number of carbonyl (C=O) groups excluding carboxylic acids is 2. The van der Waals surface area contributed by atoms with Crippen LogP contribution in [0.2, 0.25) is 0 Å². The van der Waals surface area contributed by atoms with Gasteiger partial charge in [0.2, 0.25) is 5.91 Å². The van der Waals surface area contributed by atoms with Gasteiger partial charge in [-0.15, -0.1) is 0 Å². The fourth-order valence-corrected chi connectivity index (χ4v) is 3.09. The molecule has 5 heteroatoms. The van der Waals surface area contributed by atoms with Gasteiger partial charge in [0.1, 0.15) is 11.8 Å². The van der Waals surface area contributed by atoms with Crippen LogP contribution >= 0.6 is 0 Å². The standard InChI is InChI=1S/C19H27NO4/c1-3-23-19(22)17-13-12-15(2)20(17)18(21)11-7-8-14-24-16-9-5-4-6-10-16/h4-6,9-10,15,17H,3,7-8,11-14H2,1-2H3. The molecule has 1 fully saturated rings. The quantitative estimate of drug-likeness (QED) is 0.541. The summed E-state index contributed by atoms with van der Waals surface area (Å²) in [5.41, 5.74) is 0. The smallest absolute Gasteiger partial charge is 0.328 e. The molecule has 0 aliphatic carbocycles. The molecule has 24 heavy (non-hydrogen) atoms. The highest BCUT2D eigenvalue weighted by Gasteiger charge is 2.39. The van der Waals surface area contributed by atoms with Gasteiger partial charge in [0.15, 0.2) is 0 Å². The van der Waals surface area contributed by atoms with Gasteiger partial charge >= 0.3 is 5.97 Å². The summed E-state index contributed by atoms with van der Waals surface area (Å²) in [7, 11) is 0. The number of para-hydroxylation sites is 1. The maximum atomic E-state index is 12.5. The number of rotatable bonds is 8. The van der Waals surface area contributed by atoms with Gasteiger partial charge in [0.05, 0.1) is 13.2 Å². The van der Waals surface area contributed by atoms with E-state index in [-0.39, 0.29) is 17.9 Å². The van der Waals surface area contributed by atoms with E-state index < -0.39 is 6.04 Å². The molecule has 1 aromatic carbocycles. The van der Waals surface area contributed by atoms with Crippen molar-refractivity contribution in [1.82, 2.24) is 4.90 Å². The Kier molecular flexibility index (Phi) is 7.09. The topological polar surface area (TPSA) is 55.8 Å². The summed E-state index contributed by atoms with van der Waals surface area (Å²) >= 11 is 0. The third-order valence-corrected chi connectivity index (χ3v) is 4.31. The first-order chi connectivity index (χ1) is 11.6. The van der Waals surface area contributed by atoms with Crippen molar-refractivity contribution in [1.29, 1.82) is 0 Å². The first-order valence-electron chi connectivity index (χ1n) is 8.79. The zero-order valence-corrected chi connectivity index (χ0v) is 14.6. The van der Waals surface area contributed by atoms with Gasteiger partial charge in [0.25, 0.3) is 0 Å². The second-order valence-corrected chi connectivity index (χ2v) is 6.11. The number of amides is 1. The third kappa shape index (κ3) is 4.98. The summed E-state index contributed by atoms with van der Waals surface area (Å²) in [6.07, 6.45) is 3.56. The van der Waals surface area contributed by atoms with Gasteiger partial charge in [-0.05, 0) is 51.7 Å². The lowest BCUT2D eigenvalue weighted by molar-refractivity contribution is -0.154. The van der Waals surface area contributed by atoms with Gasteiger partial charge in [-0.25, -0.2) is 4.79 Å². The molecular weight excluding hydrogens is 306 g/mol. The Morgan fingerprint density at radius 1 is 1.17 bits per heavy atom. The summed E-state index contributed by atoms with van der Waals surface area (Å²) in [6.45, 7) is 4.72. The lowest BCUT2D eigenvalue weighted by atomic mass is 10.2. The molecule has 1 aromatic rings. The van der Waals surface area contributed by atoms with Gasteiger partial charge in [0, 0.05) is 12.5 Å². The Hall–Kier alpha value is -2.04. The first kappa shape index (κ1) is 18.3. The van der Waals surface area contributed by atoms with Crippen molar-refractivity contribution in [2.75, 3.05) is 13.2 Å². The van der Waals surface area contributed by atoms with E-state index in [4.69, 9.17) is 9.47 Å². The average molecular weight is 333 g/mol. The molecule has 0 saturated carbocycles. The predicted octanol–water partition coefficient (Wildman–Crippen LogP) is 3.18. The van der Waals surface area contributed by atoms with E-state index in [0.717, 1.165) is 25.0 Å².